The summed E-state index contributed by atoms with van der Waals surface area (Å²) in [6.07, 6.45) is 3.54. The quantitative estimate of drug-likeness (QED) is 0.557. The van der Waals surface area contributed by atoms with Crippen LogP contribution in [0.5, 0.6) is 0 Å². The van der Waals surface area contributed by atoms with Crippen molar-refractivity contribution in [1.82, 2.24) is 19.9 Å². The lowest BCUT2D eigenvalue weighted by molar-refractivity contribution is 0.378. The smallest absolute Gasteiger partial charge is 0.225 e. The van der Waals surface area contributed by atoms with Crippen molar-refractivity contribution in [3.8, 4) is 0 Å². The number of hydrogen-bond donors (Lipinski definition) is 2. The molecule has 1 fully saturated rings. The van der Waals surface area contributed by atoms with E-state index < -0.39 is 0 Å². The number of nitrogens with zero attached hydrogens (tertiary/aromatic N) is 5. The van der Waals surface area contributed by atoms with E-state index in [1.807, 2.05) is 6.07 Å². The number of aryl methyl sites for hydroxylation is 1. The normalized spacial score (nSPS) is 15.7. The highest BCUT2D eigenvalue weighted by Crippen LogP contribution is 2.17. The van der Waals surface area contributed by atoms with Gasteiger partial charge in [-0.2, -0.15) is 0 Å². The molecule has 26 heavy (non-hydrogen) atoms. The number of fused-ring (bicyclic) bond motifs is 1. The van der Waals surface area contributed by atoms with Gasteiger partial charge in [-0.1, -0.05) is 6.07 Å². The molecular weight excluding hydrogens is 326 g/mol. The third-order valence-corrected chi connectivity index (χ3v) is 4.68. The van der Waals surface area contributed by atoms with Crippen molar-refractivity contribution in [1.29, 1.82) is 0 Å². The van der Waals surface area contributed by atoms with Crippen LogP contribution < -0.4 is 10.6 Å². The summed E-state index contributed by atoms with van der Waals surface area (Å²) < 4.78 is 0. The number of hydrogen-bond acceptors (Lipinski definition) is 4. The average Bonchev–Trinajstić information content (AvgIpc) is 3.06. The molecule has 0 aliphatic carbocycles. The number of aliphatic imine (C=N–C) groups is 1. The molecule has 0 amide bonds. The van der Waals surface area contributed by atoms with Crippen LogP contribution in [0.3, 0.4) is 0 Å². The van der Waals surface area contributed by atoms with Gasteiger partial charge in [0.1, 0.15) is 0 Å². The van der Waals surface area contributed by atoms with Crippen molar-refractivity contribution in [2.75, 3.05) is 31.1 Å². The minimum absolute atomic E-state index is 0.591. The summed E-state index contributed by atoms with van der Waals surface area (Å²) in [4.78, 5) is 20.8. The van der Waals surface area contributed by atoms with Crippen molar-refractivity contribution < 1.29 is 0 Å². The summed E-state index contributed by atoms with van der Waals surface area (Å²) in [5, 5.41) is 1.21. The maximum atomic E-state index is 6.22. The Morgan fingerprint density at radius 3 is 2.69 bits per heavy atom. The third-order valence-electron chi connectivity index (χ3n) is 4.68. The molecule has 0 atom stereocenters. The van der Waals surface area contributed by atoms with Gasteiger partial charge in [-0.3, -0.25) is 0 Å². The summed E-state index contributed by atoms with van der Waals surface area (Å²) in [7, 11) is 0. The molecule has 1 aliphatic rings. The maximum Gasteiger partial charge on any atom is 0.225 e. The highest BCUT2D eigenvalue weighted by Gasteiger charge is 2.19. The van der Waals surface area contributed by atoms with Gasteiger partial charge in [0.15, 0.2) is 5.96 Å². The summed E-state index contributed by atoms with van der Waals surface area (Å²) >= 11 is 0. The SMILES string of the molecule is Cc1cc2cc(CN=C(N)N3CCN(c4ncccn4)CC3)ccc2[nH]1. The summed E-state index contributed by atoms with van der Waals surface area (Å²) in [6.45, 7) is 5.99. The van der Waals surface area contributed by atoms with Gasteiger partial charge < -0.3 is 20.5 Å². The first-order valence-corrected chi connectivity index (χ1v) is 8.84. The van der Waals surface area contributed by atoms with Crippen molar-refractivity contribution in [3.63, 3.8) is 0 Å². The maximum absolute atomic E-state index is 6.22. The fourth-order valence-corrected chi connectivity index (χ4v) is 3.29. The highest BCUT2D eigenvalue weighted by molar-refractivity contribution is 5.81. The molecule has 0 unspecified atom stereocenters. The van der Waals surface area contributed by atoms with Gasteiger partial charge in [-0.25, -0.2) is 15.0 Å². The number of benzene rings is 1. The molecule has 1 aromatic carbocycles. The molecule has 134 valence electrons. The van der Waals surface area contributed by atoms with E-state index in [4.69, 9.17) is 5.73 Å². The van der Waals surface area contributed by atoms with Crippen molar-refractivity contribution in [3.05, 3.63) is 54.0 Å². The lowest BCUT2D eigenvalue weighted by Crippen LogP contribution is -2.51. The number of aromatic nitrogens is 3. The van der Waals surface area contributed by atoms with Crippen LogP contribution in [0.25, 0.3) is 10.9 Å². The Bertz CT molecular complexity index is 908. The zero-order valence-electron chi connectivity index (χ0n) is 14.9. The Hall–Kier alpha value is -3.09. The summed E-state index contributed by atoms with van der Waals surface area (Å²) in [6, 6.07) is 10.3. The molecule has 3 aromatic rings. The first kappa shape index (κ1) is 16.4. The van der Waals surface area contributed by atoms with E-state index in [-0.39, 0.29) is 0 Å². The number of nitrogens with one attached hydrogen (secondary N) is 1. The number of piperazine rings is 1. The molecule has 7 nitrogen and oxygen atoms in total. The lowest BCUT2D eigenvalue weighted by atomic mass is 10.1. The predicted molar refractivity (Wildman–Crippen MR) is 104 cm³/mol. The second-order valence-corrected chi connectivity index (χ2v) is 6.57. The number of rotatable bonds is 3. The number of nitrogens with two attached hydrogens (primary N) is 1. The minimum atomic E-state index is 0.591. The number of guanidine groups is 1. The Balaban J connectivity index is 1.37. The van der Waals surface area contributed by atoms with E-state index in [0.29, 0.717) is 12.5 Å². The molecule has 0 saturated carbocycles. The largest absolute Gasteiger partial charge is 0.370 e. The molecule has 7 heteroatoms. The van der Waals surface area contributed by atoms with Crippen LogP contribution in [0.2, 0.25) is 0 Å². The van der Waals surface area contributed by atoms with Gasteiger partial charge in [0.25, 0.3) is 0 Å². The van der Waals surface area contributed by atoms with E-state index in [2.05, 4.69) is 60.9 Å². The number of aromatic amines is 1. The van der Waals surface area contributed by atoms with E-state index in [9.17, 15) is 0 Å². The van der Waals surface area contributed by atoms with Crippen LogP contribution in [0.15, 0.2) is 47.7 Å². The van der Waals surface area contributed by atoms with E-state index >= 15 is 0 Å². The molecular formula is C19H23N7. The zero-order valence-corrected chi connectivity index (χ0v) is 14.9. The summed E-state index contributed by atoms with van der Waals surface area (Å²) in [5.74, 6) is 1.38. The van der Waals surface area contributed by atoms with Gasteiger partial charge in [-0.15, -0.1) is 0 Å². The molecule has 1 aliphatic heterocycles. The van der Waals surface area contributed by atoms with Crippen LogP contribution in [-0.4, -0.2) is 52.0 Å². The first-order valence-electron chi connectivity index (χ1n) is 8.84. The standard InChI is InChI=1S/C19H23N7/c1-14-11-16-12-15(3-4-17(16)24-14)13-23-18(20)25-7-9-26(10-8-25)19-21-5-2-6-22-19/h2-6,11-12,24H,7-10,13H2,1H3,(H2,20,23). The predicted octanol–water partition coefficient (Wildman–Crippen LogP) is 1.90. The fraction of sp³-hybridized carbons (Fsp3) is 0.316. The number of anilines is 1. The first-order chi connectivity index (χ1) is 12.7. The van der Waals surface area contributed by atoms with Gasteiger partial charge in [-0.05, 0) is 42.1 Å². The molecule has 2 aromatic heterocycles. The van der Waals surface area contributed by atoms with Gasteiger partial charge in [0.05, 0.1) is 6.54 Å². The Kier molecular flexibility index (Phi) is 4.43. The highest BCUT2D eigenvalue weighted by atomic mass is 15.3. The van der Waals surface area contributed by atoms with E-state index in [1.54, 1.807) is 12.4 Å². The number of H-pyrrole nitrogens is 1. The van der Waals surface area contributed by atoms with Crippen molar-refractivity contribution in [2.24, 2.45) is 10.7 Å². The average molecular weight is 349 g/mol. The van der Waals surface area contributed by atoms with Crippen molar-refractivity contribution >= 4 is 22.8 Å². The van der Waals surface area contributed by atoms with Gasteiger partial charge in [0.2, 0.25) is 5.95 Å². The van der Waals surface area contributed by atoms with Gasteiger partial charge in [0, 0.05) is 49.8 Å². The molecule has 1 saturated heterocycles. The second-order valence-electron chi connectivity index (χ2n) is 6.57. The van der Waals surface area contributed by atoms with Crippen LogP contribution in [0.4, 0.5) is 5.95 Å². The topological polar surface area (TPSA) is 86.4 Å². The Morgan fingerprint density at radius 2 is 1.92 bits per heavy atom. The lowest BCUT2D eigenvalue weighted by Gasteiger charge is -2.35. The fourth-order valence-electron chi connectivity index (χ4n) is 3.29. The molecule has 3 heterocycles. The Morgan fingerprint density at radius 1 is 1.15 bits per heavy atom. The van der Waals surface area contributed by atoms with Gasteiger partial charge >= 0.3 is 0 Å². The zero-order chi connectivity index (χ0) is 17.9. The van der Waals surface area contributed by atoms with E-state index in [1.165, 1.54) is 11.1 Å². The minimum Gasteiger partial charge on any atom is -0.370 e. The molecule has 0 spiro atoms. The second kappa shape index (κ2) is 7.03. The van der Waals surface area contributed by atoms with Crippen LogP contribution in [-0.2, 0) is 6.54 Å². The molecule has 0 bridgehead atoms. The third kappa shape index (κ3) is 3.46. The molecule has 4 rings (SSSR count). The molecule has 3 N–H and O–H groups in total. The molecule has 0 radical (unpaired) electrons. The van der Waals surface area contributed by atoms with Crippen LogP contribution in [0, 0.1) is 6.92 Å². The van der Waals surface area contributed by atoms with Crippen LogP contribution in [0.1, 0.15) is 11.3 Å². The van der Waals surface area contributed by atoms with Crippen LogP contribution >= 0.6 is 0 Å². The summed E-state index contributed by atoms with van der Waals surface area (Å²) in [5.41, 5.74) is 9.70. The van der Waals surface area contributed by atoms with E-state index in [0.717, 1.165) is 43.2 Å². The van der Waals surface area contributed by atoms with Crippen molar-refractivity contribution in [2.45, 2.75) is 13.5 Å². The Labute approximate surface area is 152 Å². The monoisotopic (exact) mass is 349 g/mol.